The highest BCUT2D eigenvalue weighted by Crippen LogP contribution is 2.29. The topological polar surface area (TPSA) is 82.1 Å². The maximum absolute atomic E-state index is 12.9. The van der Waals surface area contributed by atoms with E-state index in [0.29, 0.717) is 6.54 Å². The van der Waals surface area contributed by atoms with Gasteiger partial charge in [-0.05, 0) is 68.1 Å². The van der Waals surface area contributed by atoms with Gasteiger partial charge in [-0.2, -0.15) is 0 Å². The number of piperazine rings is 1. The number of ether oxygens (including phenoxy) is 1. The lowest BCUT2D eigenvalue weighted by Crippen LogP contribution is -2.66. The minimum atomic E-state index is -0.811. The van der Waals surface area contributed by atoms with E-state index in [0.717, 1.165) is 56.8 Å². The van der Waals surface area contributed by atoms with Gasteiger partial charge in [0, 0.05) is 13.1 Å². The molecule has 0 saturated carbocycles. The van der Waals surface area contributed by atoms with Crippen molar-refractivity contribution in [1.82, 2.24) is 15.1 Å². The van der Waals surface area contributed by atoms with Gasteiger partial charge in [0.15, 0.2) is 0 Å². The van der Waals surface area contributed by atoms with Crippen LogP contribution in [0.3, 0.4) is 0 Å². The summed E-state index contributed by atoms with van der Waals surface area (Å²) in [5.41, 5.74) is 1.22. The van der Waals surface area contributed by atoms with Gasteiger partial charge in [0.2, 0.25) is 11.8 Å². The number of likely N-dealkylation sites (tertiary alicyclic amines) is 1. The number of nitrogens with zero attached hydrogens (tertiary/aromatic N) is 2. The number of aliphatic hydroxyl groups is 1. The predicted octanol–water partition coefficient (Wildman–Crippen LogP) is 3.18. The Hall–Kier alpha value is -2.90. The van der Waals surface area contributed by atoms with E-state index in [1.165, 1.54) is 5.56 Å². The van der Waals surface area contributed by atoms with E-state index in [2.05, 4.69) is 29.3 Å². The van der Waals surface area contributed by atoms with Crippen molar-refractivity contribution in [1.29, 1.82) is 0 Å². The van der Waals surface area contributed by atoms with E-state index < -0.39 is 12.1 Å². The van der Waals surface area contributed by atoms with Crippen molar-refractivity contribution in [3.63, 3.8) is 0 Å². The molecule has 2 aromatic rings. The number of hydrogen-bond acceptors (Lipinski definition) is 5. The fourth-order valence-corrected chi connectivity index (χ4v) is 4.94. The first-order valence-corrected chi connectivity index (χ1v) is 12.3. The molecule has 2 saturated heterocycles. The average molecular weight is 466 g/mol. The van der Waals surface area contributed by atoms with E-state index in [4.69, 9.17) is 4.74 Å². The second-order valence-electron chi connectivity index (χ2n) is 9.25. The summed E-state index contributed by atoms with van der Waals surface area (Å²) in [6, 6.07) is 16.7. The molecule has 0 radical (unpaired) electrons. The van der Waals surface area contributed by atoms with E-state index in [1.807, 2.05) is 42.5 Å². The Bertz CT molecular complexity index is 942. The number of unbranched alkanes of at least 4 members (excludes halogenated alkanes) is 1. The lowest BCUT2D eigenvalue weighted by Gasteiger charge is -2.44. The molecule has 2 unspecified atom stereocenters. The Morgan fingerprint density at radius 3 is 2.32 bits per heavy atom. The van der Waals surface area contributed by atoms with Gasteiger partial charge in [0.25, 0.3) is 0 Å². The number of aliphatic hydroxyl groups excluding tert-OH is 1. The maximum Gasteiger partial charge on any atom is 0.248 e. The molecule has 2 fully saturated rings. The summed E-state index contributed by atoms with van der Waals surface area (Å²) in [5, 5.41) is 12.2. The highest BCUT2D eigenvalue weighted by molar-refractivity contribution is 5.97. The summed E-state index contributed by atoms with van der Waals surface area (Å²) in [5.74, 6) is 1.50. The summed E-state index contributed by atoms with van der Waals surface area (Å²) >= 11 is 0. The van der Waals surface area contributed by atoms with E-state index in [9.17, 15) is 14.7 Å². The predicted molar refractivity (Wildman–Crippen MR) is 130 cm³/mol. The van der Waals surface area contributed by atoms with Gasteiger partial charge in [0.05, 0.1) is 6.61 Å². The number of piperidine rings is 1. The zero-order chi connectivity index (χ0) is 23.9. The lowest BCUT2D eigenvalue weighted by molar-refractivity contribution is -0.153. The number of carbonyl (C=O) groups excluding carboxylic acids is 2. The van der Waals surface area contributed by atoms with Crippen LogP contribution in [0.5, 0.6) is 11.5 Å². The molecule has 7 nitrogen and oxygen atoms in total. The molecule has 2 amide bonds. The molecule has 2 N–H and O–H groups in total. The Kier molecular flexibility index (Phi) is 8.19. The molecule has 0 aromatic heterocycles. The number of benzene rings is 2. The summed E-state index contributed by atoms with van der Waals surface area (Å²) in [4.78, 5) is 29.8. The Balaban J connectivity index is 1.32. The molecule has 2 aliphatic rings. The van der Waals surface area contributed by atoms with Crippen LogP contribution in [0.4, 0.5) is 0 Å². The SMILES string of the molecule is CCCCN1C(=O)C(CO)NC(=O)C1C1CCN(Cc2ccc(Oc3ccccc3)cc2)CC1. The lowest BCUT2D eigenvalue weighted by atomic mass is 9.85. The van der Waals surface area contributed by atoms with Crippen molar-refractivity contribution in [2.75, 3.05) is 26.2 Å². The molecule has 2 aromatic carbocycles. The second-order valence-corrected chi connectivity index (χ2v) is 9.25. The van der Waals surface area contributed by atoms with E-state index >= 15 is 0 Å². The molecule has 4 rings (SSSR count). The number of para-hydroxylation sites is 1. The Morgan fingerprint density at radius 2 is 1.68 bits per heavy atom. The number of nitrogens with one attached hydrogen (secondary N) is 1. The minimum absolute atomic E-state index is 0.123. The largest absolute Gasteiger partial charge is 0.457 e. The number of amides is 2. The second kappa shape index (κ2) is 11.5. The fourth-order valence-electron chi connectivity index (χ4n) is 4.94. The molecule has 0 aliphatic carbocycles. The molecule has 0 bridgehead atoms. The van der Waals surface area contributed by atoms with Crippen molar-refractivity contribution >= 4 is 11.8 Å². The van der Waals surface area contributed by atoms with Crippen molar-refractivity contribution < 1.29 is 19.4 Å². The molecule has 2 atom stereocenters. The molecule has 7 heteroatoms. The first-order valence-electron chi connectivity index (χ1n) is 12.3. The molecular weight excluding hydrogens is 430 g/mol. The quantitative estimate of drug-likeness (QED) is 0.595. The monoisotopic (exact) mass is 465 g/mol. The van der Waals surface area contributed by atoms with Crippen molar-refractivity contribution in [3.8, 4) is 11.5 Å². The Labute approximate surface area is 201 Å². The summed E-state index contributed by atoms with van der Waals surface area (Å²) < 4.78 is 5.88. The zero-order valence-corrected chi connectivity index (χ0v) is 19.9. The van der Waals surface area contributed by atoms with E-state index in [-0.39, 0.29) is 24.3 Å². The van der Waals surface area contributed by atoms with Crippen LogP contribution >= 0.6 is 0 Å². The van der Waals surface area contributed by atoms with Crippen LogP contribution in [-0.2, 0) is 16.1 Å². The van der Waals surface area contributed by atoms with Crippen LogP contribution in [0, 0.1) is 5.92 Å². The van der Waals surface area contributed by atoms with E-state index in [1.54, 1.807) is 4.90 Å². The van der Waals surface area contributed by atoms with Gasteiger partial charge in [-0.15, -0.1) is 0 Å². The van der Waals surface area contributed by atoms with Gasteiger partial charge in [-0.1, -0.05) is 43.7 Å². The van der Waals surface area contributed by atoms with Crippen LogP contribution in [-0.4, -0.2) is 65.0 Å². The minimum Gasteiger partial charge on any atom is -0.457 e. The fraction of sp³-hybridized carbons (Fsp3) is 0.481. The molecule has 2 heterocycles. The van der Waals surface area contributed by atoms with Gasteiger partial charge in [-0.3, -0.25) is 14.5 Å². The van der Waals surface area contributed by atoms with Gasteiger partial charge in [0.1, 0.15) is 23.6 Å². The number of rotatable bonds is 9. The van der Waals surface area contributed by atoms with Crippen molar-refractivity contribution in [2.24, 2.45) is 5.92 Å². The van der Waals surface area contributed by atoms with Crippen molar-refractivity contribution in [3.05, 3.63) is 60.2 Å². The smallest absolute Gasteiger partial charge is 0.248 e. The third kappa shape index (κ3) is 5.77. The van der Waals surface area contributed by atoms with Crippen LogP contribution in [0.15, 0.2) is 54.6 Å². The highest BCUT2D eigenvalue weighted by Gasteiger charge is 2.44. The molecule has 2 aliphatic heterocycles. The summed E-state index contributed by atoms with van der Waals surface area (Å²) in [7, 11) is 0. The summed E-state index contributed by atoms with van der Waals surface area (Å²) in [6.07, 6.45) is 3.55. The third-order valence-electron chi connectivity index (χ3n) is 6.82. The van der Waals surface area contributed by atoms with Crippen LogP contribution < -0.4 is 10.1 Å². The molecule has 34 heavy (non-hydrogen) atoms. The van der Waals surface area contributed by atoms with Gasteiger partial charge < -0.3 is 20.1 Å². The first-order chi connectivity index (χ1) is 16.6. The van der Waals surface area contributed by atoms with Crippen LogP contribution in [0.1, 0.15) is 38.2 Å². The highest BCUT2D eigenvalue weighted by atomic mass is 16.5. The van der Waals surface area contributed by atoms with Crippen LogP contribution in [0.2, 0.25) is 0 Å². The third-order valence-corrected chi connectivity index (χ3v) is 6.82. The molecular formula is C27H35N3O4. The average Bonchev–Trinajstić information content (AvgIpc) is 2.86. The van der Waals surface area contributed by atoms with Crippen molar-refractivity contribution in [2.45, 2.75) is 51.2 Å². The maximum atomic E-state index is 12.9. The summed E-state index contributed by atoms with van der Waals surface area (Å²) in [6.45, 7) is 4.91. The first kappa shape index (κ1) is 24.2. The zero-order valence-electron chi connectivity index (χ0n) is 19.9. The Morgan fingerprint density at radius 1 is 1.00 bits per heavy atom. The van der Waals surface area contributed by atoms with Crippen LogP contribution in [0.25, 0.3) is 0 Å². The number of hydrogen-bond donors (Lipinski definition) is 2. The molecule has 182 valence electrons. The normalized spacial score (nSPS) is 22.0. The standard InChI is InChI=1S/C27H35N3O4/c1-2-3-15-30-25(26(32)28-24(19-31)27(30)33)21-13-16-29(17-14-21)18-20-9-11-23(12-10-20)34-22-7-5-4-6-8-22/h4-12,21,24-25,31H,2-3,13-19H2,1H3,(H,28,32). The molecule has 0 spiro atoms. The number of carbonyl (C=O) groups is 2. The van der Waals surface area contributed by atoms with Gasteiger partial charge in [-0.25, -0.2) is 0 Å². The van der Waals surface area contributed by atoms with Gasteiger partial charge >= 0.3 is 0 Å².